The van der Waals surface area contributed by atoms with E-state index in [1.54, 1.807) is 0 Å². The molecular weight excluding hydrogens is 582 g/mol. The standard InChI is InChI=1S/C30H35F4N7O3/c1-17(2)26-16-41(7-8-44-26)29-36-12-19(13-37-29)20-9-24(25(11-23(20)31)40-6-5-39(4)18(3)15-40)38-28(43)21-14-35-27(42)10-22(21)30(32,33)34/h9-14,17-18,26H,5-8,15-16H2,1-4H3,(H,35,42)(H,38,43)/t18-,26?/m0/s1. The van der Waals surface area contributed by atoms with Gasteiger partial charge in [-0.3, -0.25) is 9.59 Å². The summed E-state index contributed by atoms with van der Waals surface area (Å²) in [7, 11) is 1.97. The number of nitrogens with zero attached hydrogens (tertiary/aromatic N) is 5. The molecule has 2 N–H and O–H groups in total. The monoisotopic (exact) mass is 617 g/mol. The number of carbonyl (C=O) groups excluding carboxylic acids is 1. The maximum atomic E-state index is 15.7. The first-order valence-electron chi connectivity index (χ1n) is 14.4. The van der Waals surface area contributed by atoms with Crippen LogP contribution in [0, 0.1) is 11.7 Å². The number of aromatic nitrogens is 3. The molecule has 0 aliphatic carbocycles. The third-order valence-corrected chi connectivity index (χ3v) is 8.18. The summed E-state index contributed by atoms with van der Waals surface area (Å²) in [5.41, 5.74) is -2.31. The summed E-state index contributed by atoms with van der Waals surface area (Å²) in [6, 6.07) is 3.09. The molecule has 2 saturated heterocycles. The van der Waals surface area contributed by atoms with Crippen molar-refractivity contribution >= 4 is 23.2 Å². The zero-order valence-corrected chi connectivity index (χ0v) is 24.9. The number of ether oxygens (including phenoxy) is 1. The van der Waals surface area contributed by atoms with Crippen molar-refractivity contribution in [2.45, 2.75) is 39.1 Å². The van der Waals surface area contributed by atoms with Gasteiger partial charge in [-0.1, -0.05) is 13.8 Å². The Bertz CT molecular complexity index is 1560. The SMILES string of the molecule is CC(C)C1CN(c2ncc(-c3cc(NC(=O)c4c[nH]c(=O)cc4C(F)(F)F)c(N4CCN(C)[C@@H](C)C4)cc3F)cn2)CCO1. The molecule has 1 amide bonds. The number of hydrogen-bond donors (Lipinski definition) is 2. The fourth-order valence-corrected chi connectivity index (χ4v) is 5.38. The first-order chi connectivity index (χ1) is 20.8. The first kappa shape index (κ1) is 31.4. The Kier molecular flexibility index (Phi) is 8.93. The van der Waals surface area contributed by atoms with Gasteiger partial charge in [-0.05, 0) is 32.0 Å². The number of likely N-dealkylation sites (N-methyl/N-ethyl adjacent to an activating group) is 1. The summed E-state index contributed by atoms with van der Waals surface area (Å²) >= 11 is 0. The molecule has 5 rings (SSSR count). The van der Waals surface area contributed by atoms with Gasteiger partial charge in [0.25, 0.3) is 5.91 Å². The van der Waals surface area contributed by atoms with Crippen LogP contribution in [0.1, 0.15) is 36.7 Å². The average Bonchev–Trinajstić information content (AvgIpc) is 2.99. The lowest BCUT2D eigenvalue weighted by molar-refractivity contribution is -0.138. The Hall–Kier alpha value is -4.04. The predicted molar refractivity (Wildman–Crippen MR) is 159 cm³/mol. The summed E-state index contributed by atoms with van der Waals surface area (Å²) in [4.78, 5) is 42.0. The number of amides is 1. The predicted octanol–water partition coefficient (Wildman–Crippen LogP) is 4.24. The summed E-state index contributed by atoms with van der Waals surface area (Å²) < 4.78 is 62.7. The van der Waals surface area contributed by atoms with Crippen LogP contribution >= 0.6 is 0 Å². The number of alkyl halides is 3. The van der Waals surface area contributed by atoms with Crippen LogP contribution in [0.3, 0.4) is 0 Å². The van der Waals surface area contributed by atoms with Crippen molar-refractivity contribution in [3.63, 3.8) is 0 Å². The van der Waals surface area contributed by atoms with Gasteiger partial charge in [0.1, 0.15) is 5.82 Å². The number of morpholine rings is 1. The zero-order valence-electron chi connectivity index (χ0n) is 24.9. The second kappa shape index (κ2) is 12.5. The van der Waals surface area contributed by atoms with Gasteiger partial charge in [0.2, 0.25) is 11.5 Å². The molecule has 3 aromatic rings. The van der Waals surface area contributed by atoms with E-state index in [4.69, 9.17) is 4.74 Å². The lowest BCUT2D eigenvalue weighted by Gasteiger charge is -2.39. The van der Waals surface area contributed by atoms with Crippen molar-refractivity contribution < 1.29 is 27.1 Å². The second-order valence-corrected chi connectivity index (χ2v) is 11.6. The van der Waals surface area contributed by atoms with Gasteiger partial charge in [0.05, 0.1) is 35.2 Å². The summed E-state index contributed by atoms with van der Waals surface area (Å²) in [5, 5.41) is 2.55. The van der Waals surface area contributed by atoms with Crippen LogP contribution in [0.4, 0.5) is 34.9 Å². The third-order valence-electron chi connectivity index (χ3n) is 8.18. The maximum Gasteiger partial charge on any atom is 0.417 e. The molecule has 44 heavy (non-hydrogen) atoms. The summed E-state index contributed by atoms with van der Waals surface area (Å²) in [5.74, 6) is -0.928. The molecule has 0 bridgehead atoms. The van der Waals surface area contributed by atoms with Crippen LogP contribution in [0.25, 0.3) is 11.1 Å². The number of carbonyl (C=O) groups is 1. The van der Waals surface area contributed by atoms with Crippen LogP contribution in [-0.4, -0.2) is 84.3 Å². The van der Waals surface area contributed by atoms with E-state index in [1.165, 1.54) is 24.5 Å². The third kappa shape index (κ3) is 6.70. The molecule has 2 aliphatic heterocycles. The van der Waals surface area contributed by atoms with Gasteiger partial charge in [0, 0.05) is 74.5 Å². The molecule has 2 aromatic heterocycles. The second-order valence-electron chi connectivity index (χ2n) is 11.6. The van der Waals surface area contributed by atoms with Gasteiger partial charge in [-0.15, -0.1) is 0 Å². The smallest absolute Gasteiger partial charge is 0.374 e. The quantitative estimate of drug-likeness (QED) is 0.396. The molecule has 2 aliphatic rings. The average molecular weight is 618 g/mol. The number of aromatic amines is 1. The van der Waals surface area contributed by atoms with Crippen LogP contribution in [0.2, 0.25) is 0 Å². The number of rotatable bonds is 6. The molecule has 10 nitrogen and oxygen atoms in total. The number of benzene rings is 1. The van der Waals surface area contributed by atoms with Gasteiger partial charge in [0.15, 0.2) is 0 Å². The van der Waals surface area contributed by atoms with Crippen molar-refractivity contribution in [3.8, 4) is 11.1 Å². The molecular formula is C30H35F4N7O3. The Morgan fingerprint density at radius 1 is 1.09 bits per heavy atom. The van der Waals surface area contributed by atoms with E-state index in [1.807, 2.05) is 23.8 Å². The lowest BCUT2D eigenvalue weighted by Crippen LogP contribution is -2.50. The van der Waals surface area contributed by atoms with Crippen molar-refractivity contribution in [1.82, 2.24) is 19.9 Å². The van der Waals surface area contributed by atoms with Gasteiger partial charge >= 0.3 is 6.18 Å². The van der Waals surface area contributed by atoms with E-state index in [9.17, 15) is 22.8 Å². The largest absolute Gasteiger partial charge is 0.417 e. The molecule has 4 heterocycles. The highest BCUT2D eigenvalue weighted by atomic mass is 19.4. The van der Waals surface area contributed by atoms with Crippen molar-refractivity contribution in [3.05, 3.63) is 64.1 Å². The summed E-state index contributed by atoms with van der Waals surface area (Å²) in [6.07, 6.45) is -1.23. The number of nitrogens with one attached hydrogen (secondary N) is 2. The van der Waals surface area contributed by atoms with Gasteiger partial charge in [-0.2, -0.15) is 13.2 Å². The van der Waals surface area contributed by atoms with E-state index in [0.717, 1.165) is 6.20 Å². The highest BCUT2D eigenvalue weighted by Crippen LogP contribution is 2.37. The molecule has 1 unspecified atom stereocenters. The Morgan fingerprint density at radius 3 is 2.48 bits per heavy atom. The number of H-pyrrole nitrogens is 1. The van der Waals surface area contributed by atoms with E-state index in [-0.39, 0.29) is 23.4 Å². The molecule has 1 aromatic carbocycles. The fraction of sp³-hybridized carbons (Fsp3) is 0.467. The minimum Gasteiger partial charge on any atom is -0.374 e. The minimum absolute atomic E-state index is 0.0285. The Morgan fingerprint density at radius 2 is 1.82 bits per heavy atom. The van der Waals surface area contributed by atoms with Gasteiger partial charge in [-0.25, -0.2) is 14.4 Å². The van der Waals surface area contributed by atoms with Gasteiger partial charge < -0.3 is 29.7 Å². The number of piperazine rings is 1. The molecule has 236 valence electrons. The molecule has 0 radical (unpaired) electrons. The van der Waals surface area contributed by atoms with Crippen molar-refractivity contribution in [2.75, 3.05) is 61.5 Å². The molecule has 2 fully saturated rings. The Labute approximate surface area is 252 Å². The highest BCUT2D eigenvalue weighted by molar-refractivity contribution is 6.07. The summed E-state index contributed by atoms with van der Waals surface area (Å²) in [6.45, 7) is 9.56. The van der Waals surface area contributed by atoms with Crippen LogP contribution in [0.5, 0.6) is 0 Å². The highest BCUT2D eigenvalue weighted by Gasteiger charge is 2.36. The van der Waals surface area contributed by atoms with Crippen LogP contribution in [-0.2, 0) is 10.9 Å². The van der Waals surface area contributed by atoms with E-state index >= 15 is 4.39 Å². The molecule has 0 spiro atoms. The molecule has 0 saturated carbocycles. The van der Waals surface area contributed by atoms with E-state index in [2.05, 4.69) is 39.0 Å². The Balaban J connectivity index is 1.50. The number of anilines is 3. The number of halogens is 4. The van der Waals surface area contributed by atoms with Crippen molar-refractivity contribution in [1.29, 1.82) is 0 Å². The van der Waals surface area contributed by atoms with Crippen LogP contribution < -0.4 is 20.7 Å². The number of hydrogen-bond acceptors (Lipinski definition) is 8. The van der Waals surface area contributed by atoms with Crippen LogP contribution in [0.15, 0.2) is 41.6 Å². The number of pyridine rings is 1. The maximum absolute atomic E-state index is 15.7. The normalized spacial score (nSPS) is 19.8. The minimum atomic E-state index is -4.95. The first-order valence-corrected chi connectivity index (χ1v) is 14.4. The topological polar surface area (TPSA) is 107 Å². The van der Waals surface area contributed by atoms with E-state index in [0.29, 0.717) is 68.5 Å². The van der Waals surface area contributed by atoms with E-state index < -0.39 is 34.6 Å². The zero-order chi connectivity index (χ0) is 31.8. The fourth-order valence-electron chi connectivity index (χ4n) is 5.38. The molecule has 14 heteroatoms. The molecule has 2 atom stereocenters. The lowest BCUT2D eigenvalue weighted by atomic mass is 10.0. The van der Waals surface area contributed by atoms with Crippen molar-refractivity contribution in [2.24, 2.45) is 5.92 Å².